The Hall–Kier alpha value is -1.78. The van der Waals surface area contributed by atoms with Crippen LogP contribution in [0.15, 0.2) is 36.4 Å². The lowest BCUT2D eigenvalue weighted by atomic mass is 10.1. The summed E-state index contributed by atoms with van der Waals surface area (Å²) in [5, 5.41) is 3.88. The zero-order valence-corrected chi connectivity index (χ0v) is 12.8. The summed E-state index contributed by atoms with van der Waals surface area (Å²) >= 11 is 11.2. The van der Waals surface area contributed by atoms with Crippen LogP contribution < -0.4 is 15.8 Å². The standard InChI is InChI=1S/C15H15ClN2OS/c1-9-7-10(3-5-12(9)15(17)20)18-14-8-11(19-2)4-6-13(14)16/h3-8,18H,1-2H3,(H2,17,20). The Morgan fingerprint density at radius 1 is 1.25 bits per heavy atom. The minimum atomic E-state index is 0.397. The smallest absolute Gasteiger partial charge is 0.121 e. The Labute approximate surface area is 128 Å². The highest BCUT2D eigenvalue weighted by Gasteiger charge is 2.06. The molecule has 20 heavy (non-hydrogen) atoms. The highest BCUT2D eigenvalue weighted by Crippen LogP contribution is 2.30. The molecule has 0 radical (unpaired) electrons. The van der Waals surface area contributed by atoms with Gasteiger partial charge in [0.15, 0.2) is 0 Å². The Bertz CT molecular complexity index is 658. The van der Waals surface area contributed by atoms with Gasteiger partial charge in [-0.1, -0.05) is 23.8 Å². The second-order valence-corrected chi connectivity index (χ2v) is 5.21. The van der Waals surface area contributed by atoms with Crippen molar-refractivity contribution in [1.29, 1.82) is 0 Å². The normalized spacial score (nSPS) is 10.2. The fourth-order valence-electron chi connectivity index (χ4n) is 1.90. The van der Waals surface area contributed by atoms with E-state index in [1.165, 1.54) is 0 Å². The van der Waals surface area contributed by atoms with Gasteiger partial charge in [0.25, 0.3) is 0 Å². The second kappa shape index (κ2) is 6.11. The van der Waals surface area contributed by atoms with Crippen LogP contribution in [0.4, 0.5) is 11.4 Å². The molecule has 0 aliphatic rings. The highest BCUT2D eigenvalue weighted by molar-refractivity contribution is 7.80. The van der Waals surface area contributed by atoms with E-state index in [1.807, 2.05) is 37.3 Å². The van der Waals surface area contributed by atoms with Gasteiger partial charge in [-0.2, -0.15) is 0 Å². The molecule has 2 aromatic rings. The fraction of sp³-hybridized carbons (Fsp3) is 0.133. The molecular formula is C15H15ClN2OS. The predicted molar refractivity (Wildman–Crippen MR) is 88.4 cm³/mol. The van der Waals surface area contributed by atoms with Gasteiger partial charge >= 0.3 is 0 Å². The Balaban J connectivity index is 2.30. The predicted octanol–water partition coefficient (Wildman–Crippen LogP) is 4.03. The van der Waals surface area contributed by atoms with Gasteiger partial charge in [0.2, 0.25) is 0 Å². The molecule has 0 heterocycles. The molecule has 0 fully saturated rings. The van der Waals surface area contributed by atoms with E-state index in [1.54, 1.807) is 13.2 Å². The number of rotatable bonds is 4. The van der Waals surface area contributed by atoms with Gasteiger partial charge in [0.05, 0.1) is 17.8 Å². The first-order valence-electron chi connectivity index (χ1n) is 6.02. The van der Waals surface area contributed by atoms with Crippen molar-refractivity contribution in [2.45, 2.75) is 6.92 Å². The summed E-state index contributed by atoms with van der Waals surface area (Å²) in [6.07, 6.45) is 0. The fourth-order valence-corrected chi connectivity index (χ4v) is 2.29. The quantitative estimate of drug-likeness (QED) is 0.837. The van der Waals surface area contributed by atoms with E-state index in [9.17, 15) is 0 Å². The van der Waals surface area contributed by atoms with Gasteiger partial charge < -0.3 is 15.8 Å². The van der Waals surface area contributed by atoms with Crippen LogP contribution in [0.1, 0.15) is 11.1 Å². The van der Waals surface area contributed by atoms with Crippen molar-refractivity contribution >= 4 is 40.2 Å². The van der Waals surface area contributed by atoms with Gasteiger partial charge in [-0.25, -0.2) is 0 Å². The van der Waals surface area contributed by atoms with Crippen LogP contribution >= 0.6 is 23.8 Å². The highest BCUT2D eigenvalue weighted by atomic mass is 35.5. The van der Waals surface area contributed by atoms with Crippen molar-refractivity contribution in [3.05, 3.63) is 52.5 Å². The van der Waals surface area contributed by atoms with E-state index in [0.29, 0.717) is 10.0 Å². The first-order valence-corrected chi connectivity index (χ1v) is 6.81. The van der Waals surface area contributed by atoms with Crippen LogP contribution in [-0.2, 0) is 0 Å². The lowest BCUT2D eigenvalue weighted by molar-refractivity contribution is 0.415. The average Bonchev–Trinajstić information content (AvgIpc) is 2.41. The maximum Gasteiger partial charge on any atom is 0.121 e. The molecule has 2 rings (SSSR count). The third-order valence-electron chi connectivity index (χ3n) is 2.94. The molecule has 3 N–H and O–H groups in total. The summed E-state index contributed by atoms with van der Waals surface area (Å²) in [4.78, 5) is 0.397. The van der Waals surface area contributed by atoms with Gasteiger partial charge in [0.1, 0.15) is 10.7 Å². The van der Waals surface area contributed by atoms with Gasteiger partial charge in [-0.05, 0) is 42.8 Å². The number of anilines is 2. The molecule has 104 valence electrons. The number of benzene rings is 2. The molecule has 0 atom stereocenters. The number of thiocarbonyl (C=S) groups is 1. The average molecular weight is 307 g/mol. The first-order chi connectivity index (χ1) is 9.51. The van der Waals surface area contributed by atoms with E-state index >= 15 is 0 Å². The number of aryl methyl sites for hydroxylation is 1. The third-order valence-corrected chi connectivity index (χ3v) is 3.49. The summed E-state index contributed by atoms with van der Waals surface area (Å²) in [6.45, 7) is 1.97. The number of nitrogens with two attached hydrogens (primary N) is 1. The molecule has 0 saturated carbocycles. The third kappa shape index (κ3) is 3.21. The summed E-state index contributed by atoms with van der Waals surface area (Å²) in [5.74, 6) is 0.744. The molecule has 0 amide bonds. The number of halogens is 1. The molecule has 3 nitrogen and oxygen atoms in total. The van der Waals surface area contributed by atoms with Crippen LogP contribution in [0.2, 0.25) is 5.02 Å². The van der Waals surface area contributed by atoms with E-state index in [2.05, 4.69) is 5.32 Å². The second-order valence-electron chi connectivity index (χ2n) is 4.36. The molecule has 5 heteroatoms. The summed E-state index contributed by atoms with van der Waals surface area (Å²) in [7, 11) is 1.62. The molecule has 0 spiro atoms. The first kappa shape index (κ1) is 14.6. The summed E-state index contributed by atoms with van der Waals surface area (Å²) in [6, 6.07) is 11.2. The topological polar surface area (TPSA) is 47.3 Å². The molecule has 0 bridgehead atoms. The molecule has 0 aromatic heterocycles. The van der Waals surface area contributed by atoms with Crippen molar-refractivity contribution in [1.82, 2.24) is 0 Å². The maximum atomic E-state index is 6.17. The Morgan fingerprint density at radius 2 is 2.00 bits per heavy atom. The van der Waals surface area contributed by atoms with E-state index in [-0.39, 0.29) is 0 Å². The number of ether oxygens (including phenoxy) is 1. The monoisotopic (exact) mass is 306 g/mol. The number of hydrogen-bond donors (Lipinski definition) is 2. The SMILES string of the molecule is COc1ccc(Cl)c(Nc2ccc(C(N)=S)c(C)c2)c1. The molecule has 0 unspecified atom stereocenters. The molecule has 0 aliphatic heterocycles. The largest absolute Gasteiger partial charge is 0.497 e. The van der Waals surface area contributed by atoms with Gasteiger partial charge in [-0.15, -0.1) is 0 Å². The summed E-state index contributed by atoms with van der Waals surface area (Å²) < 4.78 is 5.19. The molecular weight excluding hydrogens is 292 g/mol. The van der Waals surface area contributed by atoms with Crippen LogP contribution in [0.5, 0.6) is 5.75 Å². The van der Waals surface area contributed by atoms with E-state index in [0.717, 1.165) is 28.3 Å². The number of hydrogen-bond acceptors (Lipinski definition) is 3. The van der Waals surface area contributed by atoms with Crippen LogP contribution in [0, 0.1) is 6.92 Å². The lowest BCUT2D eigenvalue weighted by Gasteiger charge is -2.12. The maximum absolute atomic E-state index is 6.17. The van der Waals surface area contributed by atoms with Crippen LogP contribution in [-0.4, -0.2) is 12.1 Å². The zero-order valence-electron chi connectivity index (χ0n) is 11.2. The van der Waals surface area contributed by atoms with E-state index < -0.39 is 0 Å². The minimum Gasteiger partial charge on any atom is -0.497 e. The Kier molecular flexibility index (Phi) is 4.47. The minimum absolute atomic E-state index is 0.397. The van der Waals surface area contributed by atoms with Crippen molar-refractivity contribution in [2.75, 3.05) is 12.4 Å². The van der Waals surface area contributed by atoms with Crippen molar-refractivity contribution < 1.29 is 4.74 Å². The molecule has 2 aromatic carbocycles. The van der Waals surface area contributed by atoms with Gasteiger partial charge in [0, 0.05) is 17.3 Å². The van der Waals surface area contributed by atoms with Crippen molar-refractivity contribution in [3.8, 4) is 5.75 Å². The van der Waals surface area contributed by atoms with Crippen molar-refractivity contribution in [3.63, 3.8) is 0 Å². The number of methoxy groups -OCH3 is 1. The zero-order chi connectivity index (χ0) is 14.7. The molecule has 0 aliphatic carbocycles. The van der Waals surface area contributed by atoms with Crippen LogP contribution in [0.25, 0.3) is 0 Å². The summed E-state index contributed by atoms with van der Waals surface area (Å²) in [5.41, 5.74) is 9.25. The van der Waals surface area contributed by atoms with Gasteiger partial charge in [-0.3, -0.25) is 0 Å². The Morgan fingerprint density at radius 3 is 2.60 bits per heavy atom. The number of nitrogens with one attached hydrogen (secondary N) is 1. The van der Waals surface area contributed by atoms with Crippen LogP contribution in [0.3, 0.4) is 0 Å². The molecule has 0 saturated heterocycles. The van der Waals surface area contributed by atoms with Crippen molar-refractivity contribution in [2.24, 2.45) is 5.73 Å². The van der Waals surface area contributed by atoms with E-state index in [4.69, 9.17) is 34.3 Å². The lowest BCUT2D eigenvalue weighted by Crippen LogP contribution is -2.11.